The first-order chi connectivity index (χ1) is 14.7. The van der Waals surface area contributed by atoms with Crippen LogP contribution in [0.5, 0.6) is 5.75 Å². The van der Waals surface area contributed by atoms with Crippen LogP contribution in [0, 0.1) is 0 Å². The molecule has 0 radical (unpaired) electrons. The number of methoxy groups -OCH3 is 1. The molecule has 1 saturated heterocycles. The van der Waals surface area contributed by atoms with Crippen molar-refractivity contribution < 1.29 is 24.5 Å². The topological polar surface area (TPSA) is 138 Å². The van der Waals surface area contributed by atoms with Gasteiger partial charge in [-0.3, -0.25) is 19.5 Å². The molecule has 0 bridgehead atoms. The number of hydrogen-bond donors (Lipinski definition) is 4. The Morgan fingerprint density at radius 1 is 1.39 bits per heavy atom. The first kappa shape index (κ1) is 24.4. The Labute approximate surface area is 185 Å². The van der Waals surface area contributed by atoms with Gasteiger partial charge in [0.2, 0.25) is 0 Å². The van der Waals surface area contributed by atoms with E-state index in [4.69, 9.17) is 32.0 Å². The lowest BCUT2D eigenvalue weighted by Gasteiger charge is -2.36. The summed E-state index contributed by atoms with van der Waals surface area (Å²) in [6, 6.07) is 8.42. The molecular formula is C21H27ClN4O5. The summed E-state index contributed by atoms with van der Waals surface area (Å²) < 4.78 is 5.22. The molecule has 1 aliphatic heterocycles. The highest BCUT2D eigenvalue weighted by atomic mass is 35.5. The molecule has 0 spiro atoms. The van der Waals surface area contributed by atoms with Crippen LogP contribution >= 0.6 is 11.6 Å². The number of carbonyl (C=O) groups excluding carboxylic acids is 1. The Morgan fingerprint density at radius 3 is 2.68 bits per heavy atom. The zero-order valence-corrected chi connectivity index (χ0v) is 18.2. The number of ether oxygens (including phenoxy) is 1. The Morgan fingerprint density at radius 2 is 2.10 bits per heavy atom. The van der Waals surface area contributed by atoms with Crippen LogP contribution in [0.15, 0.2) is 36.5 Å². The Kier molecular flexibility index (Phi) is 9.04. The minimum atomic E-state index is -0.833. The van der Waals surface area contributed by atoms with Crippen molar-refractivity contribution in [2.75, 3.05) is 25.9 Å². The second kappa shape index (κ2) is 11.5. The zero-order chi connectivity index (χ0) is 23.0. The number of halogens is 1. The number of carboxylic acids is 1. The maximum atomic E-state index is 12.6. The smallest absolute Gasteiger partial charge is 0.300 e. The number of nitrogen functional groups attached to an aromatic ring is 1. The van der Waals surface area contributed by atoms with Gasteiger partial charge in [-0.1, -0.05) is 17.7 Å². The van der Waals surface area contributed by atoms with E-state index in [1.807, 2.05) is 18.2 Å². The van der Waals surface area contributed by atoms with Crippen LogP contribution in [0.2, 0.25) is 5.02 Å². The average Bonchev–Trinajstić information content (AvgIpc) is 2.72. The van der Waals surface area contributed by atoms with Gasteiger partial charge in [-0.05, 0) is 24.6 Å². The minimum Gasteiger partial charge on any atom is -0.496 e. The molecule has 168 valence electrons. The lowest BCUT2D eigenvalue weighted by molar-refractivity contribution is -0.134. The number of nitrogens with zero attached hydrogens (tertiary/aromatic N) is 2. The summed E-state index contributed by atoms with van der Waals surface area (Å²) in [4.78, 5) is 28.1. The van der Waals surface area contributed by atoms with Crippen molar-refractivity contribution in [2.24, 2.45) is 0 Å². The fourth-order valence-electron chi connectivity index (χ4n) is 3.19. The highest BCUT2D eigenvalue weighted by Crippen LogP contribution is 2.29. The van der Waals surface area contributed by atoms with Gasteiger partial charge in [0.1, 0.15) is 5.75 Å². The summed E-state index contributed by atoms with van der Waals surface area (Å²) in [5.41, 5.74) is 7.34. The maximum absolute atomic E-state index is 12.6. The number of hydrogen-bond acceptors (Lipinski definition) is 7. The summed E-state index contributed by atoms with van der Waals surface area (Å²) in [5, 5.41) is 21.1. The number of aliphatic carboxylic acids is 1. The molecular weight excluding hydrogens is 424 g/mol. The van der Waals surface area contributed by atoms with Gasteiger partial charge in [-0.15, -0.1) is 0 Å². The molecule has 1 aromatic heterocycles. The SMILES string of the molecule is CC(=O)O.COc1cc(N)c(Cl)cc1C(=O)N[C@@H]1CCN(Cc2ccccn2)C[C@@H]1O. The number of carboxylic acid groups (broad SMARTS) is 1. The number of benzene rings is 1. The Bertz CT molecular complexity index is 893. The van der Waals surface area contributed by atoms with Crippen LogP contribution in [0.3, 0.4) is 0 Å². The van der Waals surface area contributed by atoms with Gasteiger partial charge in [0.15, 0.2) is 0 Å². The monoisotopic (exact) mass is 450 g/mol. The number of likely N-dealkylation sites (tertiary alicyclic amines) is 1. The molecule has 1 fully saturated rings. The normalized spacial score (nSPS) is 18.5. The standard InChI is InChI=1S/C19H23ClN4O3.C2H4O2/c1-27-18-9-15(21)14(20)8-13(18)19(26)23-16-5-7-24(11-17(16)25)10-12-4-2-3-6-22-12;1-2(3)4/h2-4,6,8-9,16-17,25H,5,7,10-11,21H2,1H3,(H,23,26);1H3,(H,3,4)/t16-,17+;/m1./s1. The third-order valence-corrected chi connectivity index (χ3v) is 4.99. The number of carbonyl (C=O) groups is 2. The van der Waals surface area contributed by atoms with Gasteiger partial charge in [0.25, 0.3) is 11.9 Å². The van der Waals surface area contributed by atoms with Crippen LogP contribution in [0.1, 0.15) is 29.4 Å². The molecule has 1 aromatic carbocycles. The number of aliphatic hydroxyl groups excluding tert-OH is 1. The first-order valence-electron chi connectivity index (χ1n) is 9.65. The number of piperidine rings is 1. The molecule has 0 aliphatic carbocycles. The van der Waals surface area contributed by atoms with E-state index >= 15 is 0 Å². The minimum absolute atomic E-state index is 0.284. The lowest BCUT2D eigenvalue weighted by atomic mass is 10.0. The fourth-order valence-corrected chi connectivity index (χ4v) is 3.36. The van der Waals surface area contributed by atoms with Crippen molar-refractivity contribution in [3.63, 3.8) is 0 Å². The summed E-state index contributed by atoms with van der Waals surface area (Å²) in [6.45, 7) is 2.96. The summed E-state index contributed by atoms with van der Waals surface area (Å²) in [5.74, 6) is -0.840. The second-order valence-corrected chi connectivity index (χ2v) is 7.49. The molecule has 31 heavy (non-hydrogen) atoms. The van der Waals surface area contributed by atoms with Crippen LogP contribution in [0.25, 0.3) is 0 Å². The quantitative estimate of drug-likeness (QED) is 0.506. The zero-order valence-electron chi connectivity index (χ0n) is 17.4. The van der Waals surface area contributed by atoms with Gasteiger partial charge in [-0.25, -0.2) is 0 Å². The van der Waals surface area contributed by atoms with Gasteiger partial charge < -0.3 is 26.0 Å². The number of amides is 1. The number of nitrogens with one attached hydrogen (secondary N) is 1. The lowest BCUT2D eigenvalue weighted by Crippen LogP contribution is -2.53. The predicted octanol–water partition coefficient (Wildman–Crippen LogP) is 1.78. The van der Waals surface area contributed by atoms with E-state index in [9.17, 15) is 9.90 Å². The van der Waals surface area contributed by atoms with Crippen LogP contribution in [-0.4, -0.2) is 64.3 Å². The number of rotatable bonds is 5. The van der Waals surface area contributed by atoms with E-state index in [0.29, 0.717) is 36.5 Å². The van der Waals surface area contributed by atoms with Crippen molar-refractivity contribution in [1.29, 1.82) is 0 Å². The third kappa shape index (κ3) is 7.39. The first-order valence-corrected chi connectivity index (χ1v) is 10.0. The van der Waals surface area contributed by atoms with Crippen LogP contribution < -0.4 is 15.8 Å². The van der Waals surface area contributed by atoms with Crippen LogP contribution in [-0.2, 0) is 11.3 Å². The van der Waals surface area contributed by atoms with Gasteiger partial charge >= 0.3 is 0 Å². The highest BCUT2D eigenvalue weighted by Gasteiger charge is 2.30. The Balaban J connectivity index is 0.000000785. The maximum Gasteiger partial charge on any atom is 0.300 e. The fraction of sp³-hybridized carbons (Fsp3) is 0.381. The van der Waals surface area contributed by atoms with E-state index in [0.717, 1.165) is 19.2 Å². The van der Waals surface area contributed by atoms with Crippen molar-refractivity contribution in [2.45, 2.75) is 32.0 Å². The summed E-state index contributed by atoms with van der Waals surface area (Å²) in [6.07, 6.45) is 1.70. The largest absolute Gasteiger partial charge is 0.496 e. The molecule has 2 aromatic rings. The molecule has 9 nitrogen and oxygen atoms in total. The second-order valence-electron chi connectivity index (χ2n) is 7.09. The van der Waals surface area contributed by atoms with Crippen molar-refractivity contribution in [3.05, 3.63) is 52.8 Å². The molecule has 5 N–H and O–H groups in total. The molecule has 10 heteroatoms. The van der Waals surface area contributed by atoms with Gasteiger partial charge in [0.05, 0.1) is 41.2 Å². The number of aromatic nitrogens is 1. The van der Waals surface area contributed by atoms with Crippen molar-refractivity contribution >= 4 is 29.2 Å². The molecule has 1 amide bonds. The molecule has 3 rings (SSSR count). The number of anilines is 1. The van der Waals surface area contributed by atoms with Crippen LogP contribution in [0.4, 0.5) is 5.69 Å². The van der Waals surface area contributed by atoms with Gasteiger partial charge in [-0.2, -0.15) is 0 Å². The summed E-state index contributed by atoms with van der Waals surface area (Å²) in [7, 11) is 1.46. The molecule has 2 heterocycles. The number of aliphatic hydroxyl groups is 1. The van der Waals surface area contributed by atoms with E-state index in [2.05, 4.69) is 15.2 Å². The number of β-amino-alcohol motifs (C(OH)–C–C–N with tert-alkyl or cyclic N) is 1. The number of pyridine rings is 1. The molecule has 0 saturated carbocycles. The Hall–Kier alpha value is -2.88. The summed E-state index contributed by atoms with van der Waals surface area (Å²) >= 11 is 6.03. The van der Waals surface area contributed by atoms with Crippen molar-refractivity contribution in [3.8, 4) is 5.75 Å². The predicted molar refractivity (Wildman–Crippen MR) is 117 cm³/mol. The van der Waals surface area contributed by atoms with E-state index in [-0.39, 0.29) is 17.0 Å². The third-order valence-electron chi connectivity index (χ3n) is 4.66. The molecule has 0 unspecified atom stereocenters. The number of nitrogens with two attached hydrogens (primary N) is 1. The highest BCUT2D eigenvalue weighted by molar-refractivity contribution is 6.33. The van der Waals surface area contributed by atoms with Gasteiger partial charge in [0, 0.05) is 38.8 Å². The molecule has 2 atom stereocenters. The van der Waals surface area contributed by atoms with E-state index in [1.54, 1.807) is 6.20 Å². The average molecular weight is 451 g/mol. The van der Waals surface area contributed by atoms with Crippen molar-refractivity contribution in [1.82, 2.24) is 15.2 Å². The van der Waals surface area contributed by atoms with E-state index in [1.165, 1.54) is 19.2 Å². The van der Waals surface area contributed by atoms with E-state index < -0.39 is 12.1 Å². The molecule has 1 aliphatic rings.